The summed E-state index contributed by atoms with van der Waals surface area (Å²) in [6.45, 7) is 0.456. The molecule has 0 aliphatic carbocycles. The number of likely N-dealkylation sites (N-methyl/N-ethyl adjacent to an activating group) is 1. The van der Waals surface area contributed by atoms with E-state index in [1.165, 1.54) is 6.08 Å². The van der Waals surface area contributed by atoms with Gasteiger partial charge in [-0.2, -0.15) is 0 Å². The largest absolute Gasteiger partial charge is 0.306 e. The molecule has 0 aromatic heterocycles. The molecule has 0 aromatic rings. The van der Waals surface area contributed by atoms with E-state index in [1.807, 2.05) is 14.1 Å². The molecule has 64 valence electrons. The van der Waals surface area contributed by atoms with E-state index in [2.05, 4.69) is 0 Å². The average Bonchev–Trinajstić information content (AvgIpc) is 1.98. The van der Waals surface area contributed by atoms with Crippen molar-refractivity contribution in [3.63, 3.8) is 0 Å². The van der Waals surface area contributed by atoms with Crippen LogP contribution < -0.4 is 0 Å². The highest BCUT2D eigenvalue weighted by atomic mass is 32.2. The molecule has 0 atom stereocenters. The zero-order valence-corrected chi connectivity index (χ0v) is 7.74. The molecule has 0 unspecified atom stereocenters. The SMILES string of the molecule is CSC(=O)/C(F)=C\CN(C)C. The van der Waals surface area contributed by atoms with Gasteiger partial charge in [0.1, 0.15) is 0 Å². The molecule has 0 spiro atoms. The molecule has 0 saturated heterocycles. The Morgan fingerprint density at radius 3 is 2.55 bits per heavy atom. The van der Waals surface area contributed by atoms with Gasteiger partial charge in [-0.15, -0.1) is 0 Å². The Bertz CT molecular complexity index is 168. The van der Waals surface area contributed by atoms with Crippen LogP contribution in [0.1, 0.15) is 0 Å². The molecular weight excluding hydrogens is 165 g/mol. The Balaban J connectivity index is 3.90. The fourth-order valence-corrected chi connectivity index (χ4v) is 0.722. The van der Waals surface area contributed by atoms with E-state index in [4.69, 9.17) is 0 Å². The molecule has 0 aliphatic rings. The lowest BCUT2D eigenvalue weighted by molar-refractivity contribution is -0.109. The first-order valence-electron chi connectivity index (χ1n) is 3.16. The predicted molar refractivity (Wildman–Crippen MR) is 46.3 cm³/mol. The van der Waals surface area contributed by atoms with Crippen molar-refractivity contribution in [2.75, 3.05) is 26.9 Å². The summed E-state index contributed by atoms with van der Waals surface area (Å²) in [7, 11) is 3.63. The normalized spacial score (nSPS) is 12.3. The van der Waals surface area contributed by atoms with Crippen LogP contribution in [-0.2, 0) is 4.79 Å². The van der Waals surface area contributed by atoms with Crippen molar-refractivity contribution in [1.29, 1.82) is 0 Å². The molecule has 0 amide bonds. The van der Waals surface area contributed by atoms with Crippen LogP contribution in [0.4, 0.5) is 4.39 Å². The minimum atomic E-state index is -0.661. The second-order valence-electron chi connectivity index (χ2n) is 2.31. The van der Waals surface area contributed by atoms with Crippen molar-refractivity contribution in [1.82, 2.24) is 4.90 Å². The quantitative estimate of drug-likeness (QED) is 0.606. The lowest BCUT2D eigenvalue weighted by Crippen LogP contribution is -2.11. The van der Waals surface area contributed by atoms with Crippen molar-refractivity contribution in [3.05, 3.63) is 11.9 Å². The number of carbonyl (C=O) groups is 1. The maximum atomic E-state index is 12.6. The van der Waals surface area contributed by atoms with Crippen molar-refractivity contribution in [2.45, 2.75) is 0 Å². The standard InChI is InChI=1S/C7H12FNOS/c1-9(2)5-4-6(8)7(10)11-3/h4H,5H2,1-3H3/b6-4+. The summed E-state index contributed by atoms with van der Waals surface area (Å²) in [6.07, 6.45) is 2.84. The van der Waals surface area contributed by atoms with Gasteiger partial charge in [0.05, 0.1) is 0 Å². The zero-order chi connectivity index (χ0) is 8.85. The topological polar surface area (TPSA) is 20.3 Å². The van der Waals surface area contributed by atoms with E-state index in [-0.39, 0.29) is 0 Å². The number of thioether (sulfide) groups is 1. The minimum absolute atomic E-state index is 0.456. The Kier molecular flexibility index (Phi) is 5.15. The molecular formula is C7H12FNOS. The fourth-order valence-electron chi connectivity index (χ4n) is 0.444. The summed E-state index contributed by atoms with van der Waals surface area (Å²) in [5.74, 6) is -0.661. The molecule has 4 heteroatoms. The van der Waals surface area contributed by atoms with Gasteiger partial charge in [-0.1, -0.05) is 11.8 Å². The third kappa shape index (κ3) is 4.98. The second kappa shape index (κ2) is 5.32. The van der Waals surface area contributed by atoms with Crippen LogP contribution in [0.25, 0.3) is 0 Å². The molecule has 0 aliphatic heterocycles. The van der Waals surface area contributed by atoms with Gasteiger partial charge in [0.25, 0.3) is 0 Å². The highest BCUT2D eigenvalue weighted by molar-refractivity contribution is 8.13. The van der Waals surface area contributed by atoms with Crippen molar-refractivity contribution < 1.29 is 9.18 Å². The van der Waals surface area contributed by atoms with E-state index < -0.39 is 10.9 Å². The lowest BCUT2D eigenvalue weighted by Gasteiger charge is -2.03. The molecule has 0 rings (SSSR count). The molecule has 0 aromatic carbocycles. The maximum absolute atomic E-state index is 12.6. The van der Waals surface area contributed by atoms with Gasteiger partial charge in [-0.05, 0) is 26.4 Å². The summed E-state index contributed by atoms with van der Waals surface area (Å²) in [6, 6.07) is 0. The van der Waals surface area contributed by atoms with Crippen molar-refractivity contribution in [2.24, 2.45) is 0 Å². The smallest absolute Gasteiger partial charge is 0.247 e. The first kappa shape index (κ1) is 10.7. The molecule has 11 heavy (non-hydrogen) atoms. The zero-order valence-electron chi connectivity index (χ0n) is 6.93. The van der Waals surface area contributed by atoms with Crippen LogP contribution in [-0.4, -0.2) is 36.9 Å². The Morgan fingerprint density at radius 1 is 1.64 bits per heavy atom. The van der Waals surface area contributed by atoms with Gasteiger partial charge in [-0.3, -0.25) is 4.79 Å². The molecule has 0 saturated carbocycles. The molecule has 2 nitrogen and oxygen atoms in total. The summed E-state index contributed by atoms with van der Waals surface area (Å²) >= 11 is 0.884. The Hall–Kier alpha value is -0.350. The van der Waals surface area contributed by atoms with Gasteiger partial charge in [0, 0.05) is 6.54 Å². The number of carbonyl (C=O) groups excluding carboxylic acids is 1. The molecule has 0 N–H and O–H groups in total. The third-order valence-electron chi connectivity index (χ3n) is 1.02. The van der Waals surface area contributed by atoms with E-state index in [9.17, 15) is 9.18 Å². The van der Waals surface area contributed by atoms with Gasteiger partial charge in [0.2, 0.25) is 5.12 Å². The van der Waals surface area contributed by atoms with Crippen LogP contribution in [0.3, 0.4) is 0 Å². The van der Waals surface area contributed by atoms with Crippen LogP contribution in [0.15, 0.2) is 11.9 Å². The van der Waals surface area contributed by atoms with Crippen molar-refractivity contribution >= 4 is 16.9 Å². The molecule has 0 fully saturated rings. The summed E-state index contributed by atoms with van der Waals surface area (Å²) in [5.41, 5.74) is 0. The maximum Gasteiger partial charge on any atom is 0.247 e. The van der Waals surface area contributed by atoms with Gasteiger partial charge in [0.15, 0.2) is 5.83 Å². The minimum Gasteiger partial charge on any atom is -0.306 e. The van der Waals surface area contributed by atoms with Gasteiger partial charge < -0.3 is 4.90 Å². The summed E-state index contributed by atoms with van der Waals surface area (Å²) in [5, 5.41) is -0.508. The van der Waals surface area contributed by atoms with Crippen molar-refractivity contribution in [3.8, 4) is 0 Å². The van der Waals surface area contributed by atoms with Crippen LogP contribution in [0, 0.1) is 0 Å². The number of hydrogen-bond acceptors (Lipinski definition) is 3. The number of halogens is 1. The lowest BCUT2D eigenvalue weighted by atomic mass is 10.4. The Morgan fingerprint density at radius 2 is 2.18 bits per heavy atom. The molecule has 0 heterocycles. The van der Waals surface area contributed by atoms with E-state index in [1.54, 1.807) is 11.2 Å². The molecule has 0 radical (unpaired) electrons. The first-order chi connectivity index (χ1) is 5.07. The number of rotatable bonds is 3. The Labute approximate surface area is 70.4 Å². The monoisotopic (exact) mass is 177 g/mol. The predicted octanol–water partition coefficient (Wildman–Crippen LogP) is 1.29. The average molecular weight is 177 g/mol. The van der Waals surface area contributed by atoms with Crippen LogP contribution in [0.5, 0.6) is 0 Å². The highest BCUT2D eigenvalue weighted by Crippen LogP contribution is 2.07. The molecule has 0 bridgehead atoms. The van der Waals surface area contributed by atoms with Gasteiger partial charge in [-0.25, -0.2) is 4.39 Å². The van der Waals surface area contributed by atoms with Crippen LogP contribution >= 0.6 is 11.8 Å². The second-order valence-corrected chi connectivity index (χ2v) is 3.08. The van der Waals surface area contributed by atoms with Crippen LogP contribution in [0.2, 0.25) is 0 Å². The van der Waals surface area contributed by atoms with E-state index in [0.29, 0.717) is 6.54 Å². The number of hydrogen-bond donors (Lipinski definition) is 0. The summed E-state index contributed by atoms with van der Waals surface area (Å²) in [4.78, 5) is 12.4. The van der Waals surface area contributed by atoms with E-state index >= 15 is 0 Å². The number of nitrogens with zero attached hydrogens (tertiary/aromatic N) is 1. The van der Waals surface area contributed by atoms with Gasteiger partial charge >= 0.3 is 0 Å². The summed E-state index contributed by atoms with van der Waals surface area (Å²) < 4.78 is 12.6. The van der Waals surface area contributed by atoms with E-state index in [0.717, 1.165) is 11.8 Å². The fraction of sp³-hybridized carbons (Fsp3) is 0.571. The highest BCUT2D eigenvalue weighted by Gasteiger charge is 2.05. The first-order valence-corrected chi connectivity index (χ1v) is 4.39. The third-order valence-corrected chi connectivity index (χ3v) is 1.58.